The van der Waals surface area contributed by atoms with Crippen LogP contribution in [0.15, 0.2) is 0 Å². The molecule has 0 aromatic carbocycles. The van der Waals surface area contributed by atoms with Gasteiger partial charge in [-0.1, -0.05) is 0 Å². The van der Waals surface area contributed by atoms with Crippen molar-refractivity contribution in [3.63, 3.8) is 0 Å². The molecule has 112 valence electrons. The van der Waals surface area contributed by atoms with Gasteiger partial charge in [0.05, 0.1) is 12.3 Å². The minimum absolute atomic E-state index is 0.00230. The minimum atomic E-state index is -0.378. The van der Waals surface area contributed by atoms with Gasteiger partial charge < -0.3 is 9.64 Å². The molecule has 1 aromatic rings. The summed E-state index contributed by atoms with van der Waals surface area (Å²) in [6.07, 6.45) is 1.00. The molecule has 1 aromatic heterocycles. The number of aryl methyl sites for hydroxylation is 2. The molecule has 0 bridgehead atoms. The fourth-order valence-electron chi connectivity index (χ4n) is 2.09. The number of esters is 1. The average Bonchev–Trinajstić information content (AvgIpc) is 2.61. The van der Waals surface area contributed by atoms with E-state index in [4.69, 9.17) is 4.74 Å². The van der Waals surface area contributed by atoms with Crippen LogP contribution in [-0.2, 0) is 27.8 Å². The van der Waals surface area contributed by atoms with Crippen molar-refractivity contribution in [2.24, 2.45) is 7.05 Å². The minimum Gasteiger partial charge on any atom is -0.465 e. The summed E-state index contributed by atoms with van der Waals surface area (Å²) >= 11 is 0. The molecule has 0 atom stereocenters. The number of amides is 1. The van der Waals surface area contributed by atoms with Gasteiger partial charge in [-0.3, -0.25) is 14.3 Å². The molecular formula is C14H23N3O3. The Bertz CT molecular complexity index is 494. The van der Waals surface area contributed by atoms with E-state index in [0.717, 1.165) is 17.0 Å². The van der Waals surface area contributed by atoms with Gasteiger partial charge in [0.1, 0.15) is 6.54 Å². The first-order valence-electron chi connectivity index (χ1n) is 6.75. The largest absolute Gasteiger partial charge is 0.465 e. The number of ether oxygens (including phenoxy) is 1. The predicted molar refractivity (Wildman–Crippen MR) is 75.3 cm³/mol. The third-order valence-corrected chi connectivity index (χ3v) is 3.35. The van der Waals surface area contributed by atoms with E-state index < -0.39 is 0 Å². The number of carbonyl (C=O) groups is 2. The van der Waals surface area contributed by atoms with Gasteiger partial charge in [0.15, 0.2) is 0 Å². The van der Waals surface area contributed by atoms with Crippen LogP contribution >= 0.6 is 0 Å². The lowest BCUT2D eigenvalue weighted by molar-refractivity contribution is -0.148. The second kappa shape index (κ2) is 7.07. The highest BCUT2D eigenvalue weighted by Crippen LogP contribution is 2.14. The molecule has 0 aliphatic rings. The van der Waals surface area contributed by atoms with Crippen molar-refractivity contribution >= 4 is 11.9 Å². The van der Waals surface area contributed by atoms with Crippen LogP contribution < -0.4 is 0 Å². The highest BCUT2D eigenvalue weighted by molar-refractivity contribution is 5.82. The van der Waals surface area contributed by atoms with E-state index in [9.17, 15) is 9.59 Å². The predicted octanol–water partition coefficient (Wildman–Crippen LogP) is 0.991. The summed E-state index contributed by atoms with van der Waals surface area (Å²) in [5, 5.41) is 4.32. The van der Waals surface area contributed by atoms with Gasteiger partial charge in [0.2, 0.25) is 5.91 Å². The fourth-order valence-corrected chi connectivity index (χ4v) is 2.09. The first kappa shape index (κ1) is 16.2. The third-order valence-electron chi connectivity index (χ3n) is 3.35. The second-order valence-corrected chi connectivity index (χ2v) is 4.83. The van der Waals surface area contributed by atoms with Crippen LogP contribution in [0.25, 0.3) is 0 Å². The molecule has 0 N–H and O–H groups in total. The molecule has 0 fully saturated rings. The van der Waals surface area contributed by atoms with Crippen molar-refractivity contribution in [1.82, 2.24) is 14.7 Å². The molecule has 0 saturated heterocycles. The number of hydrogen-bond acceptors (Lipinski definition) is 4. The van der Waals surface area contributed by atoms with E-state index >= 15 is 0 Å². The van der Waals surface area contributed by atoms with Crippen LogP contribution in [0.5, 0.6) is 0 Å². The molecule has 1 heterocycles. The summed E-state index contributed by atoms with van der Waals surface area (Å²) < 4.78 is 6.64. The zero-order chi connectivity index (χ0) is 15.3. The smallest absolute Gasteiger partial charge is 0.325 e. The number of carbonyl (C=O) groups excluding carboxylic acids is 2. The van der Waals surface area contributed by atoms with Crippen molar-refractivity contribution < 1.29 is 14.3 Å². The van der Waals surface area contributed by atoms with Gasteiger partial charge in [-0.15, -0.1) is 0 Å². The Kier molecular flexibility index (Phi) is 5.73. The maximum Gasteiger partial charge on any atom is 0.325 e. The van der Waals surface area contributed by atoms with Gasteiger partial charge in [-0.25, -0.2) is 0 Å². The van der Waals surface area contributed by atoms with Crippen LogP contribution in [-0.4, -0.2) is 46.8 Å². The average molecular weight is 281 g/mol. The Balaban J connectivity index is 2.52. The monoisotopic (exact) mass is 281 g/mol. The number of nitrogens with zero attached hydrogens (tertiary/aromatic N) is 3. The zero-order valence-electron chi connectivity index (χ0n) is 12.9. The lowest BCUT2D eigenvalue weighted by Gasteiger charge is -2.16. The van der Waals surface area contributed by atoms with Gasteiger partial charge in [-0.05, 0) is 32.8 Å². The number of aromatic nitrogens is 2. The summed E-state index contributed by atoms with van der Waals surface area (Å²) in [5.74, 6) is -0.446. The van der Waals surface area contributed by atoms with Crippen LogP contribution in [0.2, 0.25) is 0 Å². The Morgan fingerprint density at radius 2 is 2.00 bits per heavy atom. The first-order chi connectivity index (χ1) is 9.36. The first-order valence-corrected chi connectivity index (χ1v) is 6.75. The summed E-state index contributed by atoms with van der Waals surface area (Å²) in [4.78, 5) is 24.7. The van der Waals surface area contributed by atoms with Crippen molar-refractivity contribution in [3.8, 4) is 0 Å². The molecule has 0 radical (unpaired) electrons. The van der Waals surface area contributed by atoms with Crippen molar-refractivity contribution in [2.45, 2.75) is 33.6 Å². The molecule has 0 aliphatic heterocycles. The SMILES string of the molecule is CCOC(=O)CN(C)C(=O)CCc1c(C)nn(C)c1C. The molecular weight excluding hydrogens is 258 g/mol. The lowest BCUT2D eigenvalue weighted by atomic mass is 10.1. The molecule has 6 nitrogen and oxygen atoms in total. The molecule has 0 saturated carbocycles. The fraction of sp³-hybridized carbons (Fsp3) is 0.643. The molecule has 0 aliphatic carbocycles. The summed E-state index contributed by atoms with van der Waals surface area (Å²) in [6, 6.07) is 0. The summed E-state index contributed by atoms with van der Waals surface area (Å²) in [7, 11) is 3.50. The van der Waals surface area contributed by atoms with Gasteiger partial charge >= 0.3 is 5.97 Å². The number of rotatable bonds is 6. The van der Waals surface area contributed by atoms with E-state index in [0.29, 0.717) is 19.4 Å². The molecule has 1 amide bonds. The van der Waals surface area contributed by atoms with E-state index in [-0.39, 0.29) is 18.4 Å². The summed E-state index contributed by atoms with van der Waals surface area (Å²) in [5.41, 5.74) is 3.12. The van der Waals surface area contributed by atoms with Crippen molar-refractivity contribution in [3.05, 3.63) is 17.0 Å². The molecule has 6 heteroatoms. The van der Waals surface area contributed by atoms with Crippen LogP contribution in [0.3, 0.4) is 0 Å². The second-order valence-electron chi connectivity index (χ2n) is 4.83. The van der Waals surface area contributed by atoms with Gasteiger partial charge in [0, 0.05) is 26.2 Å². The normalized spacial score (nSPS) is 10.4. The van der Waals surface area contributed by atoms with Gasteiger partial charge in [-0.2, -0.15) is 5.10 Å². The van der Waals surface area contributed by atoms with E-state index in [2.05, 4.69) is 5.10 Å². The van der Waals surface area contributed by atoms with E-state index in [1.807, 2.05) is 25.6 Å². The van der Waals surface area contributed by atoms with Crippen LogP contribution in [0.1, 0.15) is 30.3 Å². The standard InChI is InChI=1S/C14H23N3O3/c1-6-20-14(19)9-16(4)13(18)8-7-12-10(2)15-17(5)11(12)3/h6-9H2,1-5H3. The molecule has 0 spiro atoms. The van der Waals surface area contributed by atoms with Crippen molar-refractivity contribution in [2.75, 3.05) is 20.2 Å². The third kappa shape index (κ3) is 4.08. The molecule has 20 heavy (non-hydrogen) atoms. The van der Waals surface area contributed by atoms with Gasteiger partial charge in [0.25, 0.3) is 0 Å². The lowest BCUT2D eigenvalue weighted by Crippen LogP contribution is -2.33. The Morgan fingerprint density at radius 3 is 2.50 bits per heavy atom. The maximum absolute atomic E-state index is 12.0. The summed E-state index contributed by atoms with van der Waals surface area (Å²) in [6.45, 7) is 6.00. The Hall–Kier alpha value is -1.85. The Morgan fingerprint density at radius 1 is 1.35 bits per heavy atom. The van der Waals surface area contributed by atoms with E-state index in [1.165, 1.54) is 4.90 Å². The zero-order valence-corrected chi connectivity index (χ0v) is 12.9. The number of likely N-dealkylation sites (N-methyl/N-ethyl adjacent to an activating group) is 1. The molecule has 1 rings (SSSR count). The van der Waals surface area contributed by atoms with Crippen LogP contribution in [0.4, 0.5) is 0 Å². The number of hydrogen-bond donors (Lipinski definition) is 0. The maximum atomic E-state index is 12.0. The van der Waals surface area contributed by atoms with E-state index in [1.54, 1.807) is 14.0 Å². The quantitative estimate of drug-likeness (QED) is 0.729. The molecule has 0 unspecified atom stereocenters. The Labute approximate surface area is 119 Å². The van der Waals surface area contributed by atoms with Crippen molar-refractivity contribution in [1.29, 1.82) is 0 Å². The topological polar surface area (TPSA) is 64.4 Å². The van der Waals surface area contributed by atoms with Crippen LogP contribution in [0, 0.1) is 13.8 Å². The highest BCUT2D eigenvalue weighted by atomic mass is 16.5. The highest BCUT2D eigenvalue weighted by Gasteiger charge is 2.16.